The van der Waals surface area contributed by atoms with Gasteiger partial charge >= 0.3 is 12.0 Å². The van der Waals surface area contributed by atoms with E-state index in [9.17, 15) is 14.7 Å². The van der Waals surface area contributed by atoms with Crippen molar-refractivity contribution >= 4 is 29.3 Å². The van der Waals surface area contributed by atoms with Gasteiger partial charge in [0.15, 0.2) is 0 Å². The van der Waals surface area contributed by atoms with Gasteiger partial charge in [0, 0.05) is 12.6 Å². The largest absolute Gasteiger partial charge is 0.478 e. The molecule has 0 aliphatic carbocycles. The van der Waals surface area contributed by atoms with Crippen molar-refractivity contribution in [2.75, 3.05) is 11.9 Å². The smallest absolute Gasteiger partial charge is 0.339 e. The summed E-state index contributed by atoms with van der Waals surface area (Å²) in [5, 5.41) is 12.0. The number of carbonyl (C=O) groups is 2. The molecule has 0 spiro atoms. The van der Waals surface area contributed by atoms with Crippen molar-refractivity contribution < 1.29 is 14.7 Å². The average molecular weight is 311 g/mol. The zero-order valence-corrected chi connectivity index (χ0v) is 12.9. The van der Waals surface area contributed by atoms with Crippen LogP contribution < -0.4 is 5.32 Å². The summed E-state index contributed by atoms with van der Waals surface area (Å²) in [6, 6.07) is 4.52. The van der Waals surface area contributed by atoms with E-state index in [0.717, 1.165) is 12.8 Å². The monoisotopic (exact) mass is 310 g/mol. The molecule has 114 valence electrons. The molecule has 1 aliphatic rings. The molecular weight excluding hydrogens is 292 g/mol. The van der Waals surface area contributed by atoms with Crippen molar-refractivity contribution in [1.82, 2.24) is 4.90 Å². The van der Waals surface area contributed by atoms with E-state index in [-0.39, 0.29) is 28.3 Å². The maximum Gasteiger partial charge on any atom is 0.339 e. The molecule has 0 saturated carbocycles. The number of piperidine rings is 1. The lowest BCUT2D eigenvalue weighted by molar-refractivity contribution is 0.0698. The molecule has 1 fully saturated rings. The number of carboxylic acids is 1. The summed E-state index contributed by atoms with van der Waals surface area (Å²) in [7, 11) is 0. The Labute approximate surface area is 128 Å². The molecule has 2 atom stereocenters. The Balaban J connectivity index is 2.17. The minimum Gasteiger partial charge on any atom is -0.478 e. The second-order valence-electron chi connectivity index (χ2n) is 5.57. The van der Waals surface area contributed by atoms with Crippen molar-refractivity contribution in [1.29, 1.82) is 0 Å². The first-order valence-electron chi connectivity index (χ1n) is 6.99. The molecule has 6 heteroatoms. The van der Waals surface area contributed by atoms with Gasteiger partial charge in [-0.15, -0.1) is 0 Å². The van der Waals surface area contributed by atoms with Crippen molar-refractivity contribution in [3.05, 3.63) is 28.8 Å². The predicted octanol–water partition coefficient (Wildman–Crippen LogP) is 3.69. The molecule has 1 heterocycles. The second kappa shape index (κ2) is 6.35. The number of nitrogens with one attached hydrogen (secondary N) is 1. The molecule has 2 rings (SSSR count). The summed E-state index contributed by atoms with van der Waals surface area (Å²) in [5.41, 5.74) is 0.149. The fourth-order valence-electron chi connectivity index (χ4n) is 2.74. The van der Waals surface area contributed by atoms with Crippen LogP contribution in [0, 0.1) is 5.92 Å². The third kappa shape index (κ3) is 3.47. The minimum atomic E-state index is -1.16. The summed E-state index contributed by atoms with van der Waals surface area (Å²) in [4.78, 5) is 25.4. The van der Waals surface area contributed by atoms with Crippen LogP contribution >= 0.6 is 11.6 Å². The SMILES string of the molecule is CC1CCN(C(=O)Nc2cccc(Cl)c2C(=O)O)C(C)C1. The third-order valence-electron chi connectivity index (χ3n) is 3.87. The van der Waals surface area contributed by atoms with Crippen LogP contribution in [0.1, 0.15) is 37.0 Å². The van der Waals surface area contributed by atoms with Gasteiger partial charge in [-0.3, -0.25) is 0 Å². The van der Waals surface area contributed by atoms with Crippen LogP contribution in [0.4, 0.5) is 10.5 Å². The molecule has 1 aromatic carbocycles. The Morgan fingerprint density at radius 3 is 2.71 bits per heavy atom. The van der Waals surface area contributed by atoms with Crippen LogP contribution in [-0.4, -0.2) is 34.6 Å². The number of nitrogens with zero attached hydrogens (tertiary/aromatic N) is 1. The van der Waals surface area contributed by atoms with E-state index in [1.807, 2.05) is 6.92 Å². The fraction of sp³-hybridized carbons (Fsp3) is 0.467. The van der Waals surface area contributed by atoms with Crippen molar-refractivity contribution in [2.45, 2.75) is 32.7 Å². The molecule has 2 unspecified atom stereocenters. The maximum atomic E-state index is 12.3. The van der Waals surface area contributed by atoms with Crippen LogP contribution in [0.25, 0.3) is 0 Å². The van der Waals surface area contributed by atoms with Gasteiger partial charge in [-0.05, 0) is 37.8 Å². The number of likely N-dealkylation sites (tertiary alicyclic amines) is 1. The molecule has 2 N–H and O–H groups in total. The van der Waals surface area contributed by atoms with E-state index in [0.29, 0.717) is 12.5 Å². The highest BCUT2D eigenvalue weighted by molar-refractivity contribution is 6.34. The summed E-state index contributed by atoms with van der Waals surface area (Å²) >= 11 is 5.90. The normalized spacial score (nSPS) is 22.0. The zero-order chi connectivity index (χ0) is 15.6. The lowest BCUT2D eigenvalue weighted by Gasteiger charge is -2.36. The molecule has 0 radical (unpaired) electrons. The predicted molar refractivity (Wildman–Crippen MR) is 82.0 cm³/mol. The second-order valence-corrected chi connectivity index (χ2v) is 5.98. The van der Waals surface area contributed by atoms with Gasteiger partial charge in [-0.1, -0.05) is 24.6 Å². The van der Waals surface area contributed by atoms with Crippen molar-refractivity contribution in [2.24, 2.45) is 5.92 Å². The number of hydrogen-bond acceptors (Lipinski definition) is 2. The van der Waals surface area contributed by atoms with E-state index < -0.39 is 5.97 Å². The van der Waals surface area contributed by atoms with E-state index in [2.05, 4.69) is 12.2 Å². The molecule has 21 heavy (non-hydrogen) atoms. The van der Waals surface area contributed by atoms with Gasteiger partial charge in [0.2, 0.25) is 0 Å². The zero-order valence-electron chi connectivity index (χ0n) is 12.1. The van der Waals surface area contributed by atoms with Crippen LogP contribution in [0.2, 0.25) is 5.02 Å². The van der Waals surface area contributed by atoms with Gasteiger partial charge in [-0.2, -0.15) is 0 Å². The standard InChI is InChI=1S/C15H19ClN2O3/c1-9-6-7-18(10(2)8-9)15(21)17-12-5-3-4-11(16)13(12)14(19)20/h3-5,9-10H,6-8H2,1-2H3,(H,17,21)(H,19,20). The van der Waals surface area contributed by atoms with Crippen LogP contribution in [-0.2, 0) is 0 Å². The number of hydrogen-bond donors (Lipinski definition) is 2. The number of urea groups is 1. The summed E-state index contributed by atoms with van der Waals surface area (Å²) in [6.45, 7) is 4.85. The van der Waals surface area contributed by atoms with E-state index in [4.69, 9.17) is 11.6 Å². The Bertz CT molecular complexity index is 562. The molecule has 0 aromatic heterocycles. The van der Waals surface area contributed by atoms with Crippen molar-refractivity contribution in [3.8, 4) is 0 Å². The van der Waals surface area contributed by atoms with Crippen LogP contribution in [0.5, 0.6) is 0 Å². The Morgan fingerprint density at radius 2 is 2.10 bits per heavy atom. The molecular formula is C15H19ClN2O3. The number of benzene rings is 1. The molecule has 5 nitrogen and oxygen atoms in total. The molecule has 0 bridgehead atoms. The average Bonchev–Trinajstić information content (AvgIpc) is 2.37. The highest BCUT2D eigenvalue weighted by atomic mass is 35.5. The third-order valence-corrected chi connectivity index (χ3v) is 4.18. The van der Waals surface area contributed by atoms with Gasteiger partial charge < -0.3 is 15.3 Å². The molecule has 1 saturated heterocycles. The number of carbonyl (C=O) groups excluding carboxylic acids is 1. The van der Waals surface area contributed by atoms with Crippen LogP contribution in [0.3, 0.4) is 0 Å². The summed E-state index contributed by atoms with van der Waals surface area (Å²) in [5.74, 6) is -0.555. The first-order chi connectivity index (χ1) is 9.90. The number of amides is 2. The number of carboxylic acid groups (broad SMARTS) is 1. The van der Waals surface area contributed by atoms with Crippen molar-refractivity contribution in [3.63, 3.8) is 0 Å². The molecule has 2 amide bonds. The van der Waals surface area contributed by atoms with E-state index in [1.54, 1.807) is 17.0 Å². The Hall–Kier alpha value is -1.75. The fourth-order valence-corrected chi connectivity index (χ4v) is 3.00. The molecule has 1 aliphatic heterocycles. The van der Waals surface area contributed by atoms with E-state index >= 15 is 0 Å². The summed E-state index contributed by atoms with van der Waals surface area (Å²) in [6.07, 6.45) is 1.91. The topological polar surface area (TPSA) is 69.6 Å². The Kier molecular flexibility index (Phi) is 4.73. The van der Waals surface area contributed by atoms with Gasteiger partial charge in [0.1, 0.15) is 5.56 Å². The number of anilines is 1. The molecule has 1 aromatic rings. The highest BCUT2D eigenvalue weighted by Crippen LogP contribution is 2.26. The Morgan fingerprint density at radius 1 is 1.38 bits per heavy atom. The van der Waals surface area contributed by atoms with Gasteiger partial charge in [0.05, 0.1) is 10.7 Å². The quantitative estimate of drug-likeness (QED) is 0.875. The minimum absolute atomic E-state index is 0.0782. The first kappa shape index (κ1) is 15.6. The lowest BCUT2D eigenvalue weighted by atomic mass is 9.94. The number of rotatable bonds is 2. The van der Waals surface area contributed by atoms with Gasteiger partial charge in [0.25, 0.3) is 0 Å². The number of halogens is 1. The van der Waals surface area contributed by atoms with Gasteiger partial charge in [-0.25, -0.2) is 9.59 Å². The maximum absolute atomic E-state index is 12.3. The highest BCUT2D eigenvalue weighted by Gasteiger charge is 2.27. The van der Waals surface area contributed by atoms with Crippen LogP contribution in [0.15, 0.2) is 18.2 Å². The summed E-state index contributed by atoms with van der Waals surface area (Å²) < 4.78 is 0. The first-order valence-corrected chi connectivity index (χ1v) is 7.37. The lowest BCUT2D eigenvalue weighted by Crippen LogP contribution is -2.46. The number of aromatic carboxylic acids is 1. The van der Waals surface area contributed by atoms with E-state index in [1.165, 1.54) is 6.07 Å².